The van der Waals surface area contributed by atoms with Crippen LogP contribution in [0.1, 0.15) is 17.0 Å². The number of carbonyl (C=O) groups excluding carboxylic acids is 1. The minimum atomic E-state index is -1.39. The van der Waals surface area contributed by atoms with Gasteiger partial charge in [0.2, 0.25) is 11.8 Å². The third kappa shape index (κ3) is 5.76. The summed E-state index contributed by atoms with van der Waals surface area (Å²) in [5.74, 6) is 0.806. The van der Waals surface area contributed by atoms with Crippen molar-refractivity contribution in [3.63, 3.8) is 0 Å². The lowest BCUT2D eigenvalue weighted by Gasteiger charge is -2.13. The van der Waals surface area contributed by atoms with Gasteiger partial charge in [-0.2, -0.15) is 0 Å². The molecule has 2 rings (SSSR count). The Kier molecular flexibility index (Phi) is 7.50. The molecule has 0 fully saturated rings. The Morgan fingerprint density at radius 1 is 1.31 bits per heavy atom. The lowest BCUT2D eigenvalue weighted by atomic mass is 10.1. The van der Waals surface area contributed by atoms with Gasteiger partial charge in [0.05, 0.1) is 18.0 Å². The molecule has 0 radical (unpaired) electrons. The molecule has 1 N–H and O–H groups in total. The topological polar surface area (TPSA) is 90.7 Å². The molecule has 7 nitrogen and oxygen atoms in total. The third-order valence-corrected chi connectivity index (χ3v) is 4.92. The standard InChI is InChI=1S/C18H24N2O5S/c1-12-6-5-7-14(8-12)18-20-15(13(2)25-18)10-26(22)11-16(21)19-9-17(23-3)24-4/h5-8,17H,9-11H2,1-4H3,(H,19,21). The van der Waals surface area contributed by atoms with Crippen LogP contribution in [0, 0.1) is 13.8 Å². The second-order valence-corrected chi connectivity index (χ2v) is 7.28. The number of benzene rings is 1. The van der Waals surface area contributed by atoms with Gasteiger partial charge in [0.15, 0.2) is 6.29 Å². The molecule has 142 valence electrons. The molecule has 0 spiro atoms. The summed E-state index contributed by atoms with van der Waals surface area (Å²) in [4.78, 5) is 16.3. The van der Waals surface area contributed by atoms with E-state index in [1.165, 1.54) is 14.2 Å². The molecular formula is C18H24N2O5S. The van der Waals surface area contributed by atoms with Crippen LogP contribution < -0.4 is 5.32 Å². The van der Waals surface area contributed by atoms with Crippen molar-refractivity contribution in [1.29, 1.82) is 0 Å². The van der Waals surface area contributed by atoms with Crippen LogP contribution in [0.5, 0.6) is 0 Å². The molecule has 0 aliphatic carbocycles. The summed E-state index contributed by atoms with van der Waals surface area (Å²) in [5.41, 5.74) is 2.57. The monoisotopic (exact) mass is 380 g/mol. The Morgan fingerprint density at radius 2 is 2.04 bits per heavy atom. The first-order chi connectivity index (χ1) is 12.4. The van der Waals surface area contributed by atoms with Crippen LogP contribution >= 0.6 is 0 Å². The van der Waals surface area contributed by atoms with Gasteiger partial charge in [-0.05, 0) is 26.0 Å². The number of aryl methyl sites for hydroxylation is 2. The van der Waals surface area contributed by atoms with Gasteiger partial charge in [-0.1, -0.05) is 17.7 Å². The van der Waals surface area contributed by atoms with Crippen molar-refractivity contribution < 1.29 is 22.9 Å². The second-order valence-electron chi connectivity index (χ2n) is 5.82. The molecule has 1 heterocycles. The minimum Gasteiger partial charge on any atom is -0.441 e. The van der Waals surface area contributed by atoms with Crippen molar-refractivity contribution in [3.05, 3.63) is 41.3 Å². The molecule has 2 aromatic rings. The molecular weight excluding hydrogens is 356 g/mol. The number of carbonyl (C=O) groups is 1. The first-order valence-corrected chi connectivity index (χ1v) is 9.62. The van der Waals surface area contributed by atoms with Crippen LogP contribution in [-0.2, 0) is 30.8 Å². The van der Waals surface area contributed by atoms with E-state index in [0.717, 1.165) is 11.1 Å². The first-order valence-electron chi connectivity index (χ1n) is 8.13. The maximum atomic E-state index is 12.3. The van der Waals surface area contributed by atoms with Crippen molar-refractivity contribution in [2.75, 3.05) is 26.5 Å². The number of ether oxygens (including phenoxy) is 2. The highest BCUT2D eigenvalue weighted by Crippen LogP contribution is 2.23. The average Bonchev–Trinajstić information content (AvgIpc) is 2.96. The molecule has 0 bridgehead atoms. The number of nitrogens with one attached hydrogen (secondary N) is 1. The van der Waals surface area contributed by atoms with Crippen molar-refractivity contribution in [2.45, 2.75) is 25.9 Å². The van der Waals surface area contributed by atoms with Gasteiger partial charge < -0.3 is 19.2 Å². The largest absolute Gasteiger partial charge is 0.441 e. The SMILES string of the molecule is COC(CNC(=O)CS(=O)Cc1nc(-c2cccc(C)c2)oc1C)OC. The van der Waals surface area contributed by atoms with E-state index in [-0.39, 0.29) is 24.0 Å². The highest BCUT2D eigenvalue weighted by atomic mass is 32.2. The number of hydrogen-bond acceptors (Lipinski definition) is 6. The van der Waals surface area contributed by atoms with Gasteiger partial charge in [-0.3, -0.25) is 9.00 Å². The zero-order valence-corrected chi connectivity index (χ0v) is 16.2. The Balaban J connectivity index is 1.94. The fraction of sp³-hybridized carbons (Fsp3) is 0.444. The number of nitrogens with zero attached hydrogens (tertiary/aromatic N) is 1. The summed E-state index contributed by atoms with van der Waals surface area (Å²) in [6.45, 7) is 3.97. The molecule has 1 aromatic carbocycles. The number of oxazole rings is 1. The highest BCUT2D eigenvalue weighted by Gasteiger charge is 2.16. The normalized spacial score (nSPS) is 12.3. The summed E-state index contributed by atoms with van der Waals surface area (Å²) in [6.07, 6.45) is -0.526. The maximum Gasteiger partial charge on any atom is 0.232 e. The van der Waals surface area contributed by atoms with Gasteiger partial charge in [-0.15, -0.1) is 0 Å². The summed E-state index contributed by atoms with van der Waals surface area (Å²) in [6, 6.07) is 7.81. The lowest BCUT2D eigenvalue weighted by Crippen LogP contribution is -2.36. The summed E-state index contributed by atoms with van der Waals surface area (Å²) >= 11 is 0. The van der Waals surface area contributed by atoms with Crippen LogP contribution in [0.15, 0.2) is 28.7 Å². The molecule has 1 unspecified atom stereocenters. The maximum absolute atomic E-state index is 12.3. The van der Waals surface area contributed by atoms with Crippen LogP contribution in [0.3, 0.4) is 0 Å². The van der Waals surface area contributed by atoms with E-state index in [1.807, 2.05) is 31.2 Å². The van der Waals surface area contributed by atoms with Crippen molar-refractivity contribution in [1.82, 2.24) is 10.3 Å². The Labute approximate surface area is 155 Å². The molecule has 1 atom stereocenters. The molecule has 0 aliphatic rings. The number of hydrogen-bond donors (Lipinski definition) is 1. The van der Waals surface area contributed by atoms with E-state index in [9.17, 15) is 9.00 Å². The smallest absolute Gasteiger partial charge is 0.232 e. The molecule has 26 heavy (non-hydrogen) atoms. The summed E-state index contributed by atoms with van der Waals surface area (Å²) in [7, 11) is 1.57. The van der Waals surface area contributed by atoms with Crippen molar-refractivity contribution in [2.24, 2.45) is 0 Å². The minimum absolute atomic E-state index is 0.119. The predicted octanol–water partition coefficient (Wildman–Crippen LogP) is 1.94. The van der Waals surface area contributed by atoms with E-state index in [4.69, 9.17) is 13.9 Å². The quantitative estimate of drug-likeness (QED) is 0.669. The molecule has 0 saturated heterocycles. The molecule has 0 saturated carbocycles. The number of amides is 1. The molecule has 0 aliphatic heterocycles. The van der Waals surface area contributed by atoms with Crippen LogP contribution in [-0.4, -0.2) is 47.9 Å². The Morgan fingerprint density at radius 3 is 2.69 bits per heavy atom. The van der Waals surface area contributed by atoms with Crippen LogP contribution in [0.2, 0.25) is 0 Å². The third-order valence-electron chi connectivity index (χ3n) is 3.74. The van der Waals surface area contributed by atoms with Crippen LogP contribution in [0.25, 0.3) is 11.5 Å². The van der Waals surface area contributed by atoms with Gasteiger partial charge in [-0.25, -0.2) is 4.98 Å². The van der Waals surface area contributed by atoms with Crippen LogP contribution in [0.4, 0.5) is 0 Å². The van der Waals surface area contributed by atoms with Gasteiger partial charge in [0.1, 0.15) is 11.5 Å². The molecule has 8 heteroatoms. The number of rotatable bonds is 9. The highest BCUT2D eigenvalue weighted by molar-refractivity contribution is 7.84. The van der Waals surface area contributed by atoms with E-state index >= 15 is 0 Å². The zero-order chi connectivity index (χ0) is 19.1. The molecule has 1 amide bonds. The van der Waals surface area contributed by atoms with Gasteiger partial charge >= 0.3 is 0 Å². The van der Waals surface area contributed by atoms with E-state index < -0.39 is 17.1 Å². The van der Waals surface area contributed by atoms with E-state index in [0.29, 0.717) is 17.3 Å². The number of aromatic nitrogens is 1. The molecule has 1 aromatic heterocycles. The fourth-order valence-corrected chi connectivity index (χ4v) is 3.39. The number of methoxy groups -OCH3 is 2. The van der Waals surface area contributed by atoms with Crippen molar-refractivity contribution >= 4 is 16.7 Å². The Bertz CT molecular complexity index is 771. The average molecular weight is 380 g/mol. The fourth-order valence-electron chi connectivity index (χ4n) is 2.32. The van der Waals surface area contributed by atoms with Gasteiger partial charge in [0, 0.05) is 30.6 Å². The van der Waals surface area contributed by atoms with E-state index in [2.05, 4.69) is 10.3 Å². The Hall–Kier alpha value is -2.03. The lowest BCUT2D eigenvalue weighted by molar-refractivity contribution is -0.125. The van der Waals surface area contributed by atoms with E-state index in [1.54, 1.807) is 6.92 Å². The second kappa shape index (κ2) is 9.61. The first kappa shape index (κ1) is 20.3. The summed E-state index contributed by atoms with van der Waals surface area (Å²) < 4.78 is 27.9. The van der Waals surface area contributed by atoms with Crippen molar-refractivity contribution in [3.8, 4) is 11.5 Å². The predicted molar refractivity (Wildman–Crippen MR) is 98.9 cm³/mol. The zero-order valence-electron chi connectivity index (χ0n) is 15.4. The summed E-state index contributed by atoms with van der Waals surface area (Å²) in [5, 5.41) is 2.63. The van der Waals surface area contributed by atoms with Gasteiger partial charge in [0.25, 0.3) is 0 Å².